The van der Waals surface area contributed by atoms with Crippen LogP contribution in [0.25, 0.3) is 0 Å². The zero-order chi connectivity index (χ0) is 12.5. The first kappa shape index (κ1) is 11.5. The summed E-state index contributed by atoms with van der Waals surface area (Å²) in [5.74, 6) is 0.951. The molecule has 0 amide bonds. The topological polar surface area (TPSA) is 76.9 Å². The molecule has 17 heavy (non-hydrogen) atoms. The average molecular weight is 256 g/mol. The van der Waals surface area contributed by atoms with E-state index in [2.05, 4.69) is 15.4 Å². The normalized spacial score (nSPS) is 11.4. The largest absolute Gasteiger partial charge is 0.333 e. The van der Waals surface area contributed by atoms with E-state index in [9.17, 15) is 12.3 Å². The van der Waals surface area contributed by atoms with Crippen LogP contribution >= 0.6 is 0 Å². The first-order chi connectivity index (χ1) is 7.95. The van der Waals surface area contributed by atoms with Gasteiger partial charge in [-0.05, 0) is 12.1 Å². The van der Waals surface area contributed by atoms with Crippen LogP contribution in [-0.4, -0.2) is 23.2 Å². The fourth-order valence-corrected chi connectivity index (χ4v) is 1.62. The maximum atomic E-state index is 12.6. The molecular weight excluding hydrogens is 247 g/mol. The highest BCUT2D eigenvalue weighted by atomic mass is 32.3. The molecule has 0 fully saturated rings. The summed E-state index contributed by atoms with van der Waals surface area (Å²) < 4.78 is 35.3. The zero-order valence-corrected chi connectivity index (χ0v) is 9.65. The smallest absolute Gasteiger partial charge is 0.323 e. The Bertz CT molecular complexity index is 621. The van der Waals surface area contributed by atoms with Crippen molar-refractivity contribution in [2.75, 3.05) is 5.32 Å². The van der Waals surface area contributed by atoms with Gasteiger partial charge in [0.15, 0.2) is 5.82 Å². The first-order valence-corrected chi connectivity index (χ1v) is 6.01. The van der Waals surface area contributed by atoms with E-state index in [1.165, 1.54) is 6.07 Å². The second kappa shape index (κ2) is 4.13. The molecule has 2 heterocycles. The minimum atomic E-state index is -4.70. The summed E-state index contributed by atoms with van der Waals surface area (Å²) in [7, 11) is -2.94. The lowest BCUT2D eigenvalue weighted by Gasteiger charge is -2.01. The highest BCUT2D eigenvalue weighted by molar-refractivity contribution is 7.86. The molecule has 0 unspecified atom stereocenters. The standard InChI is InChI=1S/C9H9FN4O2S/c1-14-5-4-9(13-14)12-8-3-2-7(6-11-8)17(10,15)16/h2-6H,1H3,(H,11,12,13). The number of hydrogen-bond acceptors (Lipinski definition) is 5. The molecule has 1 N–H and O–H groups in total. The number of aryl methyl sites for hydroxylation is 1. The summed E-state index contributed by atoms with van der Waals surface area (Å²) in [5.41, 5.74) is 0. The van der Waals surface area contributed by atoms with Gasteiger partial charge in [0.05, 0.1) is 6.20 Å². The summed E-state index contributed by atoms with van der Waals surface area (Å²) in [6.45, 7) is 0. The summed E-state index contributed by atoms with van der Waals surface area (Å²) in [6, 6.07) is 4.22. The van der Waals surface area contributed by atoms with Crippen molar-refractivity contribution in [3.05, 3.63) is 30.6 Å². The second-order valence-corrected chi connectivity index (χ2v) is 4.66. The van der Waals surface area contributed by atoms with E-state index < -0.39 is 15.1 Å². The molecule has 0 aliphatic carbocycles. The number of rotatable bonds is 3. The molecular formula is C9H9FN4O2S. The molecule has 0 saturated carbocycles. The lowest BCUT2D eigenvalue weighted by Crippen LogP contribution is -1.98. The van der Waals surface area contributed by atoms with E-state index >= 15 is 0 Å². The molecule has 2 rings (SSSR count). The molecule has 0 radical (unpaired) electrons. The number of nitrogens with zero attached hydrogens (tertiary/aromatic N) is 3. The number of anilines is 2. The van der Waals surface area contributed by atoms with Crippen LogP contribution in [0.3, 0.4) is 0 Å². The van der Waals surface area contributed by atoms with Crippen molar-refractivity contribution >= 4 is 21.9 Å². The minimum Gasteiger partial charge on any atom is -0.323 e. The first-order valence-electron chi connectivity index (χ1n) is 4.62. The third-order valence-electron chi connectivity index (χ3n) is 1.99. The summed E-state index contributed by atoms with van der Waals surface area (Å²) in [5, 5.41) is 6.89. The van der Waals surface area contributed by atoms with Gasteiger partial charge in [-0.25, -0.2) is 4.98 Å². The maximum Gasteiger partial charge on any atom is 0.333 e. The zero-order valence-electron chi connectivity index (χ0n) is 8.83. The maximum absolute atomic E-state index is 12.6. The van der Waals surface area contributed by atoms with Crippen LogP contribution in [0, 0.1) is 0 Å². The Balaban J connectivity index is 2.19. The number of halogens is 1. The second-order valence-electron chi connectivity index (χ2n) is 3.32. The molecule has 2 aromatic rings. The number of hydrogen-bond donors (Lipinski definition) is 1. The van der Waals surface area contributed by atoms with Gasteiger partial charge in [0.2, 0.25) is 0 Å². The lowest BCUT2D eigenvalue weighted by atomic mass is 10.4. The van der Waals surface area contributed by atoms with Crippen LogP contribution in [0.1, 0.15) is 0 Å². The van der Waals surface area contributed by atoms with E-state index in [-0.39, 0.29) is 0 Å². The molecule has 0 aliphatic rings. The van der Waals surface area contributed by atoms with Gasteiger partial charge < -0.3 is 5.32 Å². The summed E-state index contributed by atoms with van der Waals surface area (Å²) in [6.07, 6.45) is 2.68. The van der Waals surface area contributed by atoms with Crippen molar-refractivity contribution in [3.63, 3.8) is 0 Å². The molecule has 8 heteroatoms. The molecule has 0 aliphatic heterocycles. The molecule has 0 spiro atoms. The third kappa shape index (κ3) is 2.78. The summed E-state index contributed by atoms with van der Waals surface area (Å²) >= 11 is 0. The molecule has 0 atom stereocenters. The average Bonchev–Trinajstić information content (AvgIpc) is 2.63. The van der Waals surface area contributed by atoms with Crippen LogP contribution in [0.15, 0.2) is 35.5 Å². The molecule has 0 saturated heterocycles. The fraction of sp³-hybridized carbons (Fsp3) is 0.111. The van der Waals surface area contributed by atoms with Crippen molar-refractivity contribution in [2.24, 2.45) is 7.05 Å². The molecule has 0 aromatic carbocycles. The Hall–Kier alpha value is -1.96. The predicted molar refractivity (Wildman–Crippen MR) is 59.0 cm³/mol. The van der Waals surface area contributed by atoms with Crippen LogP contribution in [0.2, 0.25) is 0 Å². The van der Waals surface area contributed by atoms with Crippen molar-refractivity contribution in [2.45, 2.75) is 4.90 Å². The van der Waals surface area contributed by atoms with Crippen molar-refractivity contribution in [1.29, 1.82) is 0 Å². The van der Waals surface area contributed by atoms with E-state index in [1.807, 2.05) is 0 Å². The lowest BCUT2D eigenvalue weighted by molar-refractivity contribution is 0.551. The Morgan fingerprint density at radius 1 is 1.29 bits per heavy atom. The Morgan fingerprint density at radius 3 is 2.53 bits per heavy atom. The minimum absolute atomic E-state index is 0.385. The van der Waals surface area contributed by atoms with E-state index in [0.717, 1.165) is 12.3 Å². The number of aromatic nitrogens is 3. The SMILES string of the molecule is Cn1ccc(Nc2ccc(S(=O)(=O)F)cn2)n1. The molecule has 6 nitrogen and oxygen atoms in total. The van der Waals surface area contributed by atoms with Gasteiger partial charge >= 0.3 is 10.2 Å². The highest BCUT2D eigenvalue weighted by Crippen LogP contribution is 2.15. The monoisotopic (exact) mass is 256 g/mol. The van der Waals surface area contributed by atoms with Crippen LogP contribution < -0.4 is 5.32 Å². The quantitative estimate of drug-likeness (QED) is 0.835. The highest BCUT2D eigenvalue weighted by Gasteiger charge is 2.11. The Kier molecular flexibility index (Phi) is 2.80. The van der Waals surface area contributed by atoms with E-state index in [1.54, 1.807) is 24.0 Å². The van der Waals surface area contributed by atoms with Gasteiger partial charge in [0.1, 0.15) is 10.7 Å². The van der Waals surface area contributed by atoms with Crippen LogP contribution in [-0.2, 0) is 17.3 Å². The number of nitrogens with one attached hydrogen (secondary N) is 1. The van der Waals surface area contributed by atoms with Crippen LogP contribution in [0.4, 0.5) is 15.5 Å². The van der Waals surface area contributed by atoms with E-state index in [4.69, 9.17) is 0 Å². The van der Waals surface area contributed by atoms with Crippen molar-refractivity contribution < 1.29 is 12.3 Å². The predicted octanol–water partition coefficient (Wildman–Crippen LogP) is 1.22. The summed E-state index contributed by atoms with van der Waals surface area (Å²) in [4.78, 5) is 3.30. The molecule has 90 valence electrons. The fourth-order valence-electron chi connectivity index (χ4n) is 1.21. The molecule has 0 bridgehead atoms. The van der Waals surface area contributed by atoms with Gasteiger partial charge in [-0.2, -0.15) is 13.5 Å². The Labute approximate surface area is 97.3 Å². The third-order valence-corrected chi connectivity index (χ3v) is 2.79. The molecule has 2 aromatic heterocycles. The van der Waals surface area contributed by atoms with Gasteiger partial charge in [-0.1, -0.05) is 0 Å². The Morgan fingerprint density at radius 2 is 2.06 bits per heavy atom. The van der Waals surface area contributed by atoms with Gasteiger partial charge in [0.25, 0.3) is 0 Å². The van der Waals surface area contributed by atoms with Gasteiger partial charge in [-0.15, -0.1) is 3.89 Å². The van der Waals surface area contributed by atoms with Crippen molar-refractivity contribution in [3.8, 4) is 0 Å². The van der Waals surface area contributed by atoms with Crippen LogP contribution in [0.5, 0.6) is 0 Å². The van der Waals surface area contributed by atoms with Gasteiger partial charge in [0, 0.05) is 19.3 Å². The van der Waals surface area contributed by atoms with E-state index in [0.29, 0.717) is 11.6 Å². The van der Waals surface area contributed by atoms with Gasteiger partial charge in [-0.3, -0.25) is 4.68 Å². The number of pyridine rings is 1. The van der Waals surface area contributed by atoms with Crippen molar-refractivity contribution in [1.82, 2.24) is 14.8 Å².